The lowest BCUT2D eigenvalue weighted by Crippen LogP contribution is -2.44. The summed E-state index contributed by atoms with van der Waals surface area (Å²) in [7, 11) is 0. The van der Waals surface area contributed by atoms with Crippen molar-refractivity contribution in [2.75, 3.05) is 19.7 Å². The van der Waals surface area contributed by atoms with E-state index in [1.165, 1.54) is 0 Å². The first-order chi connectivity index (χ1) is 7.24. The largest absolute Gasteiger partial charge is 0.459 e. The molecule has 1 unspecified atom stereocenters. The minimum atomic E-state index is -0.790. The Balaban J connectivity index is 2.32. The van der Waals surface area contributed by atoms with Crippen molar-refractivity contribution in [1.82, 2.24) is 10.6 Å². The van der Waals surface area contributed by atoms with Gasteiger partial charge in [0, 0.05) is 12.6 Å². The highest BCUT2D eigenvalue weighted by molar-refractivity contribution is 6.32. The van der Waals surface area contributed by atoms with Gasteiger partial charge in [-0.15, -0.1) is 0 Å². The average Bonchev–Trinajstić information content (AvgIpc) is 2.46. The van der Waals surface area contributed by atoms with Crippen molar-refractivity contribution in [3.05, 3.63) is 0 Å². The van der Waals surface area contributed by atoms with Crippen molar-refractivity contribution in [3.63, 3.8) is 0 Å². The van der Waals surface area contributed by atoms with Gasteiger partial charge in [0.15, 0.2) is 0 Å². The molecule has 1 amide bonds. The van der Waals surface area contributed by atoms with Crippen LogP contribution in [0.25, 0.3) is 0 Å². The van der Waals surface area contributed by atoms with E-state index in [1.807, 2.05) is 0 Å². The molecule has 0 saturated carbocycles. The number of ether oxygens (including phenoxy) is 1. The summed E-state index contributed by atoms with van der Waals surface area (Å²) in [5.41, 5.74) is 0. The zero-order chi connectivity index (χ0) is 11.1. The third kappa shape index (κ3) is 4.29. The molecule has 0 aliphatic carbocycles. The lowest BCUT2D eigenvalue weighted by atomic mass is 10.1. The Labute approximate surface area is 89.6 Å². The Morgan fingerprint density at radius 2 is 2.27 bits per heavy atom. The van der Waals surface area contributed by atoms with E-state index >= 15 is 0 Å². The van der Waals surface area contributed by atoms with Crippen LogP contribution in [0, 0.1) is 0 Å². The summed E-state index contributed by atoms with van der Waals surface area (Å²) in [6.45, 7) is 3.62. The van der Waals surface area contributed by atoms with E-state index in [4.69, 9.17) is 0 Å². The summed E-state index contributed by atoms with van der Waals surface area (Å²) >= 11 is 0. The molecular weight excluding hydrogens is 196 g/mol. The molecule has 2 N–H and O–H groups in total. The third-order valence-electron chi connectivity index (χ3n) is 2.34. The topological polar surface area (TPSA) is 67.4 Å². The molecule has 15 heavy (non-hydrogen) atoms. The van der Waals surface area contributed by atoms with Crippen LogP contribution in [0.3, 0.4) is 0 Å². The zero-order valence-electron chi connectivity index (χ0n) is 9.04. The molecule has 86 valence electrons. The first-order valence-electron chi connectivity index (χ1n) is 5.42. The Morgan fingerprint density at radius 1 is 1.47 bits per heavy atom. The van der Waals surface area contributed by atoms with Gasteiger partial charge in [0.25, 0.3) is 0 Å². The third-order valence-corrected chi connectivity index (χ3v) is 2.34. The lowest BCUT2D eigenvalue weighted by molar-refractivity contribution is -0.154. The molecule has 5 nitrogen and oxygen atoms in total. The van der Waals surface area contributed by atoms with Crippen LogP contribution in [0.2, 0.25) is 0 Å². The van der Waals surface area contributed by atoms with Crippen LogP contribution in [0.15, 0.2) is 0 Å². The summed E-state index contributed by atoms with van der Waals surface area (Å²) in [6.07, 6.45) is 3.10. The summed E-state index contributed by atoms with van der Waals surface area (Å²) in [5, 5.41) is 5.87. The molecule has 1 saturated heterocycles. The molecule has 1 aliphatic rings. The summed E-state index contributed by atoms with van der Waals surface area (Å²) in [4.78, 5) is 22.3. The van der Waals surface area contributed by atoms with Crippen molar-refractivity contribution in [1.29, 1.82) is 0 Å². The molecule has 0 radical (unpaired) electrons. The molecule has 0 bridgehead atoms. The van der Waals surface area contributed by atoms with Gasteiger partial charge in [0.2, 0.25) is 0 Å². The molecule has 0 aromatic carbocycles. The van der Waals surface area contributed by atoms with Gasteiger partial charge < -0.3 is 15.4 Å². The van der Waals surface area contributed by atoms with Crippen LogP contribution < -0.4 is 10.6 Å². The van der Waals surface area contributed by atoms with E-state index in [0.717, 1.165) is 32.4 Å². The predicted octanol–water partition coefficient (Wildman–Crippen LogP) is -0.192. The van der Waals surface area contributed by atoms with E-state index in [0.29, 0.717) is 0 Å². The van der Waals surface area contributed by atoms with Crippen LogP contribution >= 0.6 is 0 Å². The Morgan fingerprint density at radius 3 is 3.00 bits per heavy atom. The first kappa shape index (κ1) is 12.0. The van der Waals surface area contributed by atoms with E-state index in [-0.39, 0.29) is 12.6 Å². The van der Waals surface area contributed by atoms with Crippen molar-refractivity contribution in [2.45, 2.75) is 32.2 Å². The van der Waals surface area contributed by atoms with Gasteiger partial charge in [-0.2, -0.15) is 0 Å². The molecule has 0 spiro atoms. The standard InChI is InChI=1S/C10H18N2O3/c1-2-15-10(14)9(13)12-8-5-3-4-6-11-7-8/h8,11H,2-7H2,1H3,(H,12,13). The number of hydrogen-bond donors (Lipinski definition) is 2. The summed E-state index contributed by atoms with van der Waals surface area (Å²) < 4.78 is 4.61. The second-order valence-electron chi connectivity index (χ2n) is 3.59. The normalized spacial score (nSPS) is 21.5. The molecular formula is C10H18N2O3. The molecule has 1 atom stereocenters. The van der Waals surface area contributed by atoms with Gasteiger partial charge in [0.05, 0.1) is 6.61 Å². The van der Waals surface area contributed by atoms with E-state index in [2.05, 4.69) is 15.4 Å². The number of nitrogens with one attached hydrogen (secondary N) is 2. The zero-order valence-corrected chi connectivity index (χ0v) is 9.04. The second-order valence-corrected chi connectivity index (χ2v) is 3.59. The fourth-order valence-corrected chi connectivity index (χ4v) is 1.58. The number of carbonyl (C=O) groups is 2. The highest BCUT2D eigenvalue weighted by Crippen LogP contribution is 2.03. The fourth-order valence-electron chi connectivity index (χ4n) is 1.58. The van der Waals surface area contributed by atoms with Gasteiger partial charge >= 0.3 is 11.9 Å². The van der Waals surface area contributed by atoms with Crippen LogP contribution in [0.4, 0.5) is 0 Å². The first-order valence-corrected chi connectivity index (χ1v) is 5.42. The minimum absolute atomic E-state index is 0.0457. The van der Waals surface area contributed by atoms with Crippen LogP contribution in [-0.4, -0.2) is 37.6 Å². The van der Waals surface area contributed by atoms with Crippen molar-refractivity contribution in [2.24, 2.45) is 0 Å². The Kier molecular flexibility index (Phi) is 5.10. The Hall–Kier alpha value is -1.10. The maximum absolute atomic E-state index is 11.3. The molecule has 1 aliphatic heterocycles. The summed E-state index contributed by atoms with van der Waals surface area (Å²) in [5.74, 6) is -1.42. The SMILES string of the molecule is CCOC(=O)C(=O)NC1CCCCNC1. The van der Waals surface area contributed by atoms with Crippen molar-refractivity contribution < 1.29 is 14.3 Å². The number of esters is 1. The fraction of sp³-hybridized carbons (Fsp3) is 0.800. The molecule has 1 rings (SSSR count). The van der Waals surface area contributed by atoms with Gasteiger partial charge in [-0.3, -0.25) is 4.79 Å². The van der Waals surface area contributed by atoms with Crippen LogP contribution in [0.5, 0.6) is 0 Å². The second kappa shape index (κ2) is 6.40. The van der Waals surface area contributed by atoms with Gasteiger partial charge in [-0.1, -0.05) is 6.42 Å². The van der Waals surface area contributed by atoms with E-state index < -0.39 is 11.9 Å². The average molecular weight is 214 g/mol. The number of amides is 1. The van der Waals surface area contributed by atoms with E-state index in [1.54, 1.807) is 6.92 Å². The van der Waals surface area contributed by atoms with Gasteiger partial charge in [-0.05, 0) is 26.3 Å². The highest BCUT2D eigenvalue weighted by Gasteiger charge is 2.20. The maximum atomic E-state index is 11.3. The number of carbonyl (C=O) groups excluding carboxylic acids is 2. The van der Waals surface area contributed by atoms with E-state index in [9.17, 15) is 9.59 Å². The number of hydrogen-bond acceptors (Lipinski definition) is 4. The smallest absolute Gasteiger partial charge is 0.396 e. The molecule has 0 aromatic heterocycles. The molecule has 1 heterocycles. The summed E-state index contributed by atoms with van der Waals surface area (Å²) in [6, 6.07) is 0.0457. The quantitative estimate of drug-likeness (QED) is 0.494. The van der Waals surface area contributed by atoms with Crippen molar-refractivity contribution >= 4 is 11.9 Å². The van der Waals surface area contributed by atoms with Crippen molar-refractivity contribution in [3.8, 4) is 0 Å². The minimum Gasteiger partial charge on any atom is -0.459 e. The molecule has 0 aromatic rings. The van der Waals surface area contributed by atoms with Gasteiger partial charge in [-0.25, -0.2) is 4.79 Å². The Bertz CT molecular complexity index is 223. The number of rotatable bonds is 2. The molecule has 1 fully saturated rings. The lowest BCUT2D eigenvalue weighted by Gasteiger charge is -2.15. The predicted molar refractivity (Wildman–Crippen MR) is 55.3 cm³/mol. The monoisotopic (exact) mass is 214 g/mol. The van der Waals surface area contributed by atoms with Crippen LogP contribution in [0.1, 0.15) is 26.2 Å². The molecule has 5 heteroatoms. The highest BCUT2D eigenvalue weighted by atomic mass is 16.5. The maximum Gasteiger partial charge on any atom is 0.396 e. The van der Waals surface area contributed by atoms with Crippen LogP contribution in [-0.2, 0) is 14.3 Å². The van der Waals surface area contributed by atoms with Gasteiger partial charge in [0.1, 0.15) is 0 Å².